The molecule has 200 valence electrons. The molecule has 2 amide bonds. The standard InChI is InChI=1S/C30H30N4O4S/c1-22-7-9-23(10-8-22)11-16-28(35)33-18-20-34(21-19-33)30(36)25-12-14-26(15-13-25)32-39(37,38)27-6-2-4-24-5-3-17-31-29(24)27/h2-10,12-15,17,32H,11,16,18-21H2,1H3. The predicted octanol–water partition coefficient (Wildman–Crippen LogP) is 4.26. The first-order valence-corrected chi connectivity index (χ1v) is 14.4. The highest BCUT2D eigenvalue weighted by molar-refractivity contribution is 7.93. The van der Waals surface area contributed by atoms with Crippen molar-refractivity contribution in [1.29, 1.82) is 0 Å². The molecule has 9 heteroatoms. The van der Waals surface area contributed by atoms with E-state index in [-0.39, 0.29) is 16.7 Å². The number of aryl methyl sites for hydroxylation is 2. The highest BCUT2D eigenvalue weighted by Gasteiger charge is 2.25. The molecule has 0 atom stereocenters. The number of aromatic nitrogens is 1. The van der Waals surface area contributed by atoms with Gasteiger partial charge in [0.1, 0.15) is 4.90 Å². The highest BCUT2D eigenvalue weighted by Crippen LogP contribution is 2.24. The van der Waals surface area contributed by atoms with E-state index < -0.39 is 10.0 Å². The smallest absolute Gasteiger partial charge is 0.264 e. The van der Waals surface area contributed by atoms with Crippen LogP contribution in [0.15, 0.2) is 90.0 Å². The zero-order chi connectivity index (χ0) is 27.4. The van der Waals surface area contributed by atoms with Crippen molar-refractivity contribution in [1.82, 2.24) is 14.8 Å². The molecule has 1 saturated heterocycles. The van der Waals surface area contributed by atoms with Gasteiger partial charge in [-0.15, -0.1) is 0 Å². The molecule has 0 bridgehead atoms. The van der Waals surface area contributed by atoms with E-state index in [0.29, 0.717) is 55.8 Å². The van der Waals surface area contributed by atoms with E-state index in [2.05, 4.69) is 21.8 Å². The fourth-order valence-electron chi connectivity index (χ4n) is 4.69. The number of nitrogens with zero attached hydrogens (tertiary/aromatic N) is 3. The minimum atomic E-state index is -3.88. The predicted molar refractivity (Wildman–Crippen MR) is 151 cm³/mol. The number of hydrogen-bond acceptors (Lipinski definition) is 5. The average Bonchev–Trinajstić information content (AvgIpc) is 2.96. The lowest BCUT2D eigenvalue weighted by atomic mass is 10.1. The summed E-state index contributed by atoms with van der Waals surface area (Å²) < 4.78 is 28.7. The second-order valence-corrected chi connectivity index (χ2v) is 11.3. The van der Waals surface area contributed by atoms with E-state index in [9.17, 15) is 18.0 Å². The lowest BCUT2D eigenvalue weighted by molar-refractivity contribution is -0.132. The maximum atomic E-state index is 13.1. The van der Waals surface area contributed by atoms with Gasteiger partial charge in [-0.3, -0.25) is 19.3 Å². The van der Waals surface area contributed by atoms with E-state index in [4.69, 9.17) is 0 Å². The number of para-hydroxylation sites is 1. The van der Waals surface area contributed by atoms with Gasteiger partial charge in [0.15, 0.2) is 0 Å². The molecule has 2 heterocycles. The molecule has 0 saturated carbocycles. The number of pyridine rings is 1. The Morgan fingerprint density at radius 3 is 2.23 bits per heavy atom. The molecule has 5 rings (SSSR count). The molecule has 1 N–H and O–H groups in total. The lowest BCUT2D eigenvalue weighted by Gasteiger charge is -2.35. The first kappa shape index (κ1) is 26.4. The van der Waals surface area contributed by atoms with Crippen molar-refractivity contribution in [2.75, 3.05) is 30.9 Å². The first-order valence-electron chi connectivity index (χ1n) is 12.9. The van der Waals surface area contributed by atoms with E-state index in [0.717, 1.165) is 10.9 Å². The molecule has 39 heavy (non-hydrogen) atoms. The second-order valence-electron chi connectivity index (χ2n) is 9.67. The molecule has 8 nitrogen and oxygen atoms in total. The first-order chi connectivity index (χ1) is 18.8. The minimum Gasteiger partial charge on any atom is -0.339 e. The van der Waals surface area contributed by atoms with Crippen LogP contribution in [0.4, 0.5) is 5.69 Å². The van der Waals surface area contributed by atoms with Crippen molar-refractivity contribution in [3.05, 3.63) is 102 Å². The quantitative estimate of drug-likeness (QED) is 0.376. The lowest BCUT2D eigenvalue weighted by Crippen LogP contribution is -2.50. The maximum Gasteiger partial charge on any atom is 0.264 e. The van der Waals surface area contributed by atoms with Crippen LogP contribution in [0.1, 0.15) is 27.9 Å². The van der Waals surface area contributed by atoms with Gasteiger partial charge in [-0.25, -0.2) is 8.42 Å². The summed E-state index contributed by atoms with van der Waals surface area (Å²) in [5, 5.41) is 0.731. The molecule has 3 aromatic carbocycles. The number of nitrogens with one attached hydrogen (secondary N) is 1. The monoisotopic (exact) mass is 542 g/mol. The van der Waals surface area contributed by atoms with E-state index in [1.807, 2.05) is 36.1 Å². The van der Waals surface area contributed by atoms with Gasteiger partial charge >= 0.3 is 0 Å². The number of carbonyl (C=O) groups excluding carboxylic acids is 2. The summed E-state index contributed by atoms with van der Waals surface area (Å²) in [7, 11) is -3.88. The van der Waals surface area contributed by atoms with E-state index in [1.54, 1.807) is 47.5 Å². The molecule has 1 fully saturated rings. The van der Waals surface area contributed by atoms with Gasteiger partial charge in [0, 0.05) is 55.4 Å². The highest BCUT2D eigenvalue weighted by atomic mass is 32.2. The summed E-state index contributed by atoms with van der Waals surface area (Å²) in [4.78, 5) is 33.6. The largest absolute Gasteiger partial charge is 0.339 e. The number of hydrogen-bond donors (Lipinski definition) is 1. The van der Waals surface area contributed by atoms with Crippen molar-refractivity contribution >= 4 is 38.4 Å². The Kier molecular flexibility index (Phi) is 7.60. The summed E-state index contributed by atoms with van der Waals surface area (Å²) in [5.41, 5.74) is 3.54. The second kappa shape index (κ2) is 11.2. The summed E-state index contributed by atoms with van der Waals surface area (Å²) in [6.07, 6.45) is 2.71. The Morgan fingerprint density at radius 1 is 0.846 bits per heavy atom. The number of fused-ring (bicyclic) bond motifs is 1. The Morgan fingerprint density at radius 2 is 1.51 bits per heavy atom. The summed E-state index contributed by atoms with van der Waals surface area (Å²) in [5.74, 6) is -0.0462. The third-order valence-corrected chi connectivity index (χ3v) is 8.35. The normalized spacial score (nSPS) is 13.9. The molecular weight excluding hydrogens is 512 g/mol. The Hall–Kier alpha value is -4.24. The SMILES string of the molecule is Cc1ccc(CCC(=O)N2CCN(C(=O)c3ccc(NS(=O)(=O)c4cccc5cccnc45)cc3)CC2)cc1. The van der Waals surface area contributed by atoms with Crippen molar-refractivity contribution in [2.24, 2.45) is 0 Å². The Bertz CT molecular complexity index is 1590. The van der Waals surface area contributed by atoms with Crippen molar-refractivity contribution < 1.29 is 18.0 Å². The average molecular weight is 543 g/mol. The molecule has 0 aliphatic carbocycles. The fourth-order valence-corrected chi connectivity index (χ4v) is 5.93. The van der Waals surface area contributed by atoms with Crippen molar-refractivity contribution in [3.63, 3.8) is 0 Å². The molecule has 0 spiro atoms. The van der Waals surface area contributed by atoms with Gasteiger partial charge in [-0.1, -0.05) is 48.0 Å². The number of piperazine rings is 1. The Balaban J connectivity index is 1.16. The van der Waals surface area contributed by atoms with Gasteiger partial charge in [0.25, 0.3) is 15.9 Å². The summed E-state index contributed by atoms with van der Waals surface area (Å²) in [6, 6.07) is 23.1. The number of amides is 2. The topological polar surface area (TPSA) is 99.7 Å². The molecule has 4 aromatic rings. The zero-order valence-corrected chi connectivity index (χ0v) is 22.5. The molecule has 1 aliphatic rings. The molecule has 0 radical (unpaired) electrons. The molecular formula is C30H30N4O4S. The van der Waals surface area contributed by atoms with Crippen LogP contribution in [0.2, 0.25) is 0 Å². The van der Waals surface area contributed by atoms with Crippen molar-refractivity contribution in [2.45, 2.75) is 24.7 Å². The zero-order valence-electron chi connectivity index (χ0n) is 21.7. The fraction of sp³-hybridized carbons (Fsp3) is 0.233. The summed E-state index contributed by atoms with van der Waals surface area (Å²) in [6.45, 7) is 3.94. The molecule has 1 aromatic heterocycles. The van der Waals surface area contributed by atoms with Crippen LogP contribution in [0, 0.1) is 6.92 Å². The number of carbonyl (C=O) groups is 2. The maximum absolute atomic E-state index is 13.1. The summed E-state index contributed by atoms with van der Waals surface area (Å²) >= 11 is 0. The molecule has 0 unspecified atom stereocenters. The van der Waals surface area contributed by atoms with Crippen LogP contribution < -0.4 is 4.72 Å². The Labute approximate surface area is 228 Å². The van der Waals surface area contributed by atoms with Gasteiger partial charge in [-0.05, 0) is 55.3 Å². The molecule has 1 aliphatic heterocycles. The van der Waals surface area contributed by atoms with Crippen LogP contribution in [-0.2, 0) is 21.2 Å². The van der Waals surface area contributed by atoms with Gasteiger partial charge in [0.05, 0.1) is 5.52 Å². The third-order valence-electron chi connectivity index (χ3n) is 6.94. The number of anilines is 1. The van der Waals surface area contributed by atoms with Crippen LogP contribution in [0.3, 0.4) is 0 Å². The third kappa shape index (κ3) is 6.09. The van der Waals surface area contributed by atoms with Gasteiger partial charge in [0.2, 0.25) is 5.91 Å². The number of sulfonamides is 1. The van der Waals surface area contributed by atoms with Crippen LogP contribution in [0.25, 0.3) is 10.9 Å². The van der Waals surface area contributed by atoms with Crippen molar-refractivity contribution in [3.8, 4) is 0 Å². The van der Waals surface area contributed by atoms with Crippen LogP contribution >= 0.6 is 0 Å². The van der Waals surface area contributed by atoms with Gasteiger partial charge in [-0.2, -0.15) is 0 Å². The van der Waals surface area contributed by atoms with E-state index >= 15 is 0 Å². The number of rotatable bonds is 7. The van der Waals surface area contributed by atoms with Gasteiger partial charge < -0.3 is 9.80 Å². The number of benzene rings is 3. The van der Waals surface area contributed by atoms with Crippen LogP contribution in [-0.4, -0.2) is 61.2 Å². The minimum absolute atomic E-state index is 0.0898. The van der Waals surface area contributed by atoms with Crippen LogP contribution in [0.5, 0.6) is 0 Å². The van der Waals surface area contributed by atoms with E-state index in [1.165, 1.54) is 11.6 Å².